The number of halogens is 1. The molecule has 0 spiro atoms. The lowest BCUT2D eigenvalue weighted by Gasteiger charge is -2.15. The molecule has 0 amide bonds. The first-order valence-corrected chi connectivity index (χ1v) is 7.69. The first kappa shape index (κ1) is 19.6. The normalized spacial score (nSPS) is 11.5. The third-order valence-corrected chi connectivity index (χ3v) is 3.57. The average Bonchev–Trinajstić information content (AvgIpc) is 2.63. The molecular weight excluding hydrogens is 355 g/mol. The first-order valence-electron chi connectivity index (χ1n) is 7.69. The maximum Gasteiger partial charge on any atom is 0.221 e. The molecule has 6 nitrogen and oxygen atoms in total. The van der Waals surface area contributed by atoms with Crippen LogP contribution in [0.5, 0.6) is 5.88 Å². The molecule has 0 aliphatic rings. The highest BCUT2D eigenvalue weighted by molar-refractivity contribution is 7.59. The molecule has 3 aromatic rings. The number of nitrogens with zero attached hydrogens (tertiary/aromatic N) is 3. The fraction of sp³-hybridized carbons (Fsp3) is 0.167. The van der Waals surface area contributed by atoms with E-state index in [1.807, 2.05) is 0 Å². The van der Waals surface area contributed by atoms with Crippen LogP contribution >= 0.6 is 13.5 Å². The molecule has 136 valence electrons. The standard InChI is InChI=1S/C18H17FN4O2.H2S/c1-11(10-24)25-18-13(3-2-6-21-18)12-4-5-14(15(19)7-12)16-8-23-17(20)9-22-16;/h2-9,11,24H,10H2,1H3,(H2,20,23);1H2/t11-;/m0./s1. The fourth-order valence-electron chi connectivity index (χ4n) is 2.30. The predicted octanol–water partition coefficient (Wildman–Crippen LogP) is 2.80. The van der Waals surface area contributed by atoms with Crippen molar-refractivity contribution in [1.29, 1.82) is 0 Å². The van der Waals surface area contributed by atoms with Crippen molar-refractivity contribution in [3.05, 3.63) is 54.7 Å². The number of aliphatic hydroxyl groups is 1. The summed E-state index contributed by atoms with van der Waals surface area (Å²) < 4.78 is 20.2. The van der Waals surface area contributed by atoms with Gasteiger partial charge in [0.15, 0.2) is 0 Å². The minimum absolute atomic E-state index is 0. The predicted molar refractivity (Wildman–Crippen MR) is 103 cm³/mol. The maximum absolute atomic E-state index is 14.6. The quantitative estimate of drug-likeness (QED) is 0.713. The Morgan fingerprint density at radius 1 is 1.15 bits per heavy atom. The number of pyridine rings is 1. The summed E-state index contributed by atoms with van der Waals surface area (Å²) in [6.07, 6.45) is 3.97. The van der Waals surface area contributed by atoms with Gasteiger partial charge in [0.2, 0.25) is 5.88 Å². The van der Waals surface area contributed by atoms with E-state index in [0.29, 0.717) is 28.3 Å². The summed E-state index contributed by atoms with van der Waals surface area (Å²) in [4.78, 5) is 12.2. The molecule has 2 heterocycles. The summed E-state index contributed by atoms with van der Waals surface area (Å²) in [7, 11) is 0. The van der Waals surface area contributed by atoms with Gasteiger partial charge in [0.1, 0.15) is 17.7 Å². The summed E-state index contributed by atoms with van der Waals surface area (Å²) in [5.74, 6) is 0.168. The van der Waals surface area contributed by atoms with Gasteiger partial charge in [0.25, 0.3) is 0 Å². The fourth-order valence-corrected chi connectivity index (χ4v) is 2.30. The van der Waals surface area contributed by atoms with Crippen LogP contribution in [0.15, 0.2) is 48.9 Å². The lowest BCUT2D eigenvalue weighted by atomic mass is 10.0. The third kappa shape index (κ3) is 4.27. The van der Waals surface area contributed by atoms with Crippen molar-refractivity contribution in [2.75, 3.05) is 12.3 Å². The van der Waals surface area contributed by atoms with Crippen LogP contribution in [-0.4, -0.2) is 32.8 Å². The molecule has 0 saturated heterocycles. The van der Waals surface area contributed by atoms with Crippen molar-refractivity contribution in [2.24, 2.45) is 0 Å². The molecule has 3 rings (SSSR count). The average molecular weight is 374 g/mol. The molecule has 0 aliphatic carbocycles. The van der Waals surface area contributed by atoms with Crippen molar-refractivity contribution in [2.45, 2.75) is 13.0 Å². The second-order valence-electron chi connectivity index (χ2n) is 5.49. The summed E-state index contributed by atoms with van der Waals surface area (Å²) >= 11 is 0. The molecule has 1 atom stereocenters. The Morgan fingerprint density at radius 3 is 2.62 bits per heavy atom. The van der Waals surface area contributed by atoms with Crippen molar-refractivity contribution in [3.8, 4) is 28.3 Å². The van der Waals surface area contributed by atoms with Gasteiger partial charge in [-0.25, -0.2) is 14.4 Å². The zero-order chi connectivity index (χ0) is 17.8. The van der Waals surface area contributed by atoms with Crippen LogP contribution in [0.1, 0.15) is 6.92 Å². The molecular formula is C18H19FN4O2S. The molecule has 0 radical (unpaired) electrons. The van der Waals surface area contributed by atoms with Crippen LogP contribution in [0.3, 0.4) is 0 Å². The Morgan fingerprint density at radius 2 is 1.96 bits per heavy atom. The van der Waals surface area contributed by atoms with Crippen LogP contribution in [-0.2, 0) is 0 Å². The molecule has 2 aromatic heterocycles. The lowest BCUT2D eigenvalue weighted by molar-refractivity contribution is 0.126. The highest BCUT2D eigenvalue weighted by atomic mass is 32.1. The number of hydrogen-bond donors (Lipinski definition) is 2. The Hall–Kier alpha value is -2.71. The molecule has 0 aliphatic heterocycles. The number of rotatable bonds is 5. The van der Waals surface area contributed by atoms with E-state index in [0.717, 1.165) is 0 Å². The molecule has 0 unspecified atom stereocenters. The van der Waals surface area contributed by atoms with E-state index in [1.165, 1.54) is 18.5 Å². The summed E-state index contributed by atoms with van der Waals surface area (Å²) in [5, 5.41) is 9.15. The van der Waals surface area contributed by atoms with Crippen LogP contribution in [0.2, 0.25) is 0 Å². The Labute approximate surface area is 157 Å². The molecule has 0 fully saturated rings. The molecule has 26 heavy (non-hydrogen) atoms. The van der Waals surface area contributed by atoms with Crippen LogP contribution in [0.4, 0.5) is 10.2 Å². The number of hydrogen-bond acceptors (Lipinski definition) is 6. The molecule has 0 saturated carbocycles. The summed E-state index contributed by atoms with van der Waals surface area (Å²) in [5.41, 5.74) is 7.47. The smallest absolute Gasteiger partial charge is 0.221 e. The van der Waals surface area contributed by atoms with Crippen LogP contribution in [0.25, 0.3) is 22.4 Å². The lowest BCUT2D eigenvalue weighted by Crippen LogP contribution is -2.17. The van der Waals surface area contributed by atoms with E-state index in [2.05, 4.69) is 15.0 Å². The van der Waals surface area contributed by atoms with Crippen molar-refractivity contribution >= 4 is 19.3 Å². The number of anilines is 1. The summed E-state index contributed by atoms with van der Waals surface area (Å²) in [6.45, 7) is 1.58. The van der Waals surface area contributed by atoms with Gasteiger partial charge < -0.3 is 15.6 Å². The van der Waals surface area contributed by atoms with E-state index in [4.69, 9.17) is 15.6 Å². The number of aliphatic hydroxyl groups excluding tert-OH is 1. The monoisotopic (exact) mass is 374 g/mol. The highest BCUT2D eigenvalue weighted by Crippen LogP contribution is 2.31. The Balaban J connectivity index is 0.00000243. The number of nitrogen functional groups attached to an aromatic ring is 1. The van der Waals surface area contributed by atoms with Gasteiger partial charge in [-0.3, -0.25) is 4.98 Å². The van der Waals surface area contributed by atoms with E-state index in [-0.39, 0.29) is 25.9 Å². The second-order valence-corrected chi connectivity index (χ2v) is 5.49. The van der Waals surface area contributed by atoms with E-state index in [1.54, 1.807) is 37.4 Å². The molecule has 0 bridgehead atoms. The van der Waals surface area contributed by atoms with Gasteiger partial charge in [-0.05, 0) is 36.8 Å². The largest absolute Gasteiger partial charge is 0.472 e. The summed E-state index contributed by atoms with van der Waals surface area (Å²) in [6, 6.07) is 8.29. The SMILES string of the molecule is C[C@@H](CO)Oc1ncccc1-c1ccc(-c2cnc(N)cn2)c(F)c1.S. The van der Waals surface area contributed by atoms with Crippen molar-refractivity contribution in [3.63, 3.8) is 0 Å². The minimum Gasteiger partial charge on any atom is -0.472 e. The first-order chi connectivity index (χ1) is 12.1. The highest BCUT2D eigenvalue weighted by Gasteiger charge is 2.14. The van der Waals surface area contributed by atoms with Gasteiger partial charge in [-0.1, -0.05) is 6.07 Å². The Kier molecular flexibility index (Phi) is 6.48. The Bertz CT molecular complexity index is 877. The van der Waals surface area contributed by atoms with Crippen molar-refractivity contribution < 1.29 is 14.2 Å². The van der Waals surface area contributed by atoms with Crippen LogP contribution in [0, 0.1) is 5.82 Å². The van der Waals surface area contributed by atoms with Crippen LogP contribution < -0.4 is 10.5 Å². The molecule has 1 aromatic carbocycles. The zero-order valence-electron chi connectivity index (χ0n) is 14.1. The minimum atomic E-state index is -0.443. The van der Waals surface area contributed by atoms with Gasteiger partial charge in [0.05, 0.1) is 24.7 Å². The third-order valence-electron chi connectivity index (χ3n) is 3.57. The number of ether oxygens (including phenoxy) is 1. The molecule has 3 N–H and O–H groups in total. The number of benzene rings is 1. The van der Waals surface area contributed by atoms with Gasteiger partial charge in [0, 0.05) is 17.3 Å². The molecule has 8 heteroatoms. The second kappa shape index (κ2) is 8.59. The van der Waals surface area contributed by atoms with E-state index in [9.17, 15) is 4.39 Å². The number of nitrogens with two attached hydrogens (primary N) is 1. The van der Waals surface area contributed by atoms with Gasteiger partial charge >= 0.3 is 0 Å². The van der Waals surface area contributed by atoms with E-state index < -0.39 is 11.9 Å². The van der Waals surface area contributed by atoms with Gasteiger partial charge in [-0.2, -0.15) is 13.5 Å². The number of aromatic nitrogens is 3. The van der Waals surface area contributed by atoms with E-state index >= 15 is 0 Å². The zero-order valence-corrected chi connectivity index (χ0v) is 15.1. The maximum atomic E-state index is 14.6. The van der Waals surface area contributed by atoms with Crippen molar-refractivity contribution in [1.82, 2.24) is 15.0 Å². The van der Waals surface area contributed by atoms with Gasteiger partial charge in [-0.15, -0.1) is 0 Å². The topological polar surface area (TPSA) is 94.2 Å².